The van der Waals surface area contributed by atoms with Crippen LogP contribution in [0.1, 0.15) is 0 Å². The first-order valence-electron chi connectivity index (χ1n) is 5.12. The molecule has 0 bridgehead atoms. The van der Waals surface area contributed by atoms with E-state index in [-0.39, 0.29) is 5.56 Å². The van der Waals surface area contributed by atoms with Crippen LogP contribution in [0, 0.1) is 0 Å². The lowest BCUT2D eigenvalue weighted by Crippen LogP contribution is -2.10. The summed E-state index contributed by atoms with van der Waals surface area (Å²) in [5, 5.41) is 1.12. The maximum atomic E-state index is 11.8. The zero-order valence-corrected chi connectivity index (χ0v) is 10.2. The van der Waals surface area contributed by atoms with Crippen LogP contribution < -0.4 is 11.3 Å². The third-order valence-electron chi connectivity index (χ3n) is 2.23. The highest BCUT2D eigenvalue weighted by molar-refractivity contribution is 7.99. The second-order valence-corrected chi connectivity index (χ2v) is 4.57. The van der Waals surface area contributed by atoms with E-state index in [0.717, 1.165) is 5.75 Å². The van der Waals surface area contributed by atoms with Crippen molar-refractivity contribution >= 4 is 28.4 Å². The molecule has 0 unspecified atom stereocenters. The number of thioether (sulfide) groups is 1. The Bertz CT molecular complexity index is 582. The maximum Gasteiger partial charge on any atom is 0.259 e. The Labute approximate surface area is 102 Å². The number of nitrogen functional groups attached to an aromatic ring is 1. The molecule has 0 aliphatic carbocycles. The summed E-state index contributed by atoms with van der Waals surface area (Å²) in [4.78, 5) is 18.9. The van der Waals surface area contributed by atoms with Crippen molar-refractivity contribution in [3.05, 3.63) is 28.6 Å². The summed E-state index contributed by atoms with van der Waals surface area (Å²) >= 11 is 1.46. The first-order chi connectivity index (χ1) is 8.20. The minimum absolute atomic E-state index is 0.165. The molecule has 2 aromatic rings. The van der Waals surface area contributed by atoms with Gasteiger partial charge in [-0.25, -0.2) is 4.98 Å². The number of aromatic nitrogens is 2. The quantitative estimate of drug-likeness (QED) is 0.370. The molecule has 0 saturated heterocycles. The number of methoxy groups -OCH3 is 1. The van der Waals surface area contributed by atoms with Crippen LogP contribution in [0.3, 0.4) is 0 Å². The van der Waals surface area contributed by atoms with Gasteiger partial charge in [0, 0.05) is 18.6 Å². The van der Waals surface area contributed by atoms with E-state index >= 15 is 0 Å². The number of fused-ring (bicyclic) bond motifs is 1. The minimum atomic E-state index is -0.165. The highest BCUT2D eigenvalue weighted by atomic mass is 32.2. The molecule has 17 heavy (non-hydrogen) atoms. The molecule has 0 aliphatic heterocycles. The van der Waals surface area contributed by atoms with Crippen molar-refractivity contribution in [3.8, 4) is 0 Å². The van der Waals surface area contributed by atoms with Crippen molar-refractivity contribution in [2.75, 3.05) is 25.2 Å². The Hall–Kier alpha value is -1.53. The van der Waals surface area contributed by atoms with E-state index in [1.54, 1.807) is 25.3 Å². The van der Waals surface area contributed by atoms with E-state index in [1.165, 1.54) is 11.8 Å². The van der Waals surface area contributed by atoms with Gasteiger partial charge in [-0.15, -0.1) is 0 Å². The number of aromatic amines is 1. The summed E-state index contributed by atoms with van der Waals surface area (Å²) in [6.45, 7) is 0.619. The third kappa shape index (κ3) is 2.78. The standard InChI is InChI=1S/C11H13N3O2S/c1-16-4-5-17-11-13-9-3-2-7(12)6-8(9)10(15)14-11/h2-3,6H,4-5,12H2,1H3,(H,13,14,15). The molecule has 1 aromatic carbocycles. The van der Waals surface area contributed by atoms with Crippen LogP contribution in [-0.4, -0.2) is 29.4 Å². The van der Waals surface area contributed by atoms with Gasteiger partial charge in [-0.2, -0.15) is 0 Å². The molecule has 0 amide bonds. The second kappa shape index (κ2) is 5.20. The smallest absolute Gasteiger partial charge is 0.259 e. The third-order valence-corrected chi connectivity index (χ3v) is 3.07. The van der Waals surface area contributed by atoms with Crippen molar-refractivity contribution in [2.24, 2.45) is 0 Å². The number of ether oxygens (including phenoxy) is 1. The first-order valence-corrected chi connectivity index (χ1v) is 6.10. The first kappa shape index (κ1) is 11.9. The van der Waals surface area contributed by atoms with Crippen molar-refractivity contribution in [2.45, 2.75) is 5.16 Å². The normalized spacial score (nSPS) is 10.9. The fourth-order valence-electron chi connectivity index (χ4n) is 1.42. The molecule has 0 saturated carbocycles. The number of rotatable bonds is 4. The van der Waals surface area contributed by atoms with Gasteiger partial charge in [0.25, 0.3) is 5.56 Å². The van der Waals surface area contributed by atoms with Crippen molar-refractivity contribution in [3.63, 3.8) is 0 Å². The van der Waals surface area contributed by atoms with Gasteiger partial charge >= 0.3 is 0 Å². The molecule has 0 aliphatic rings. The molecule has 0 spiro atoms. The molecule has 1 heterocycles. The molecular formula is C11H13N3O2S. The SMILES string of the molecule is COCCSc1nc2ccc(N)cc2c(=O)[nH]1. The number of hydrogen-bond donors (Lipinski definition) is 2. The zero-order chi connectivity index (χ0) is 12.3. The number of H-pyrrole nitrogens is 1. The number of benzene rings is 1. The Morgan fingerprint density at radius 1 is 1.53 bits per heavy atom. The summed E-state index contributed by atoms with van der Waals surface area (Å²) < 4.78 is 4.94. The summed E-state index contributed by atoms with van der Waals surface area (Å²) in [6, 6.07) is 5.11. The predicted molar refractivity (Wildman–Crippen MR) is 69.4 cm³/mol. The number of anilines is 1. The van der Waals surface area contributed by atoms with Gasteiger partial charge < -0.3 is 15.5 Å². The van der Waals surface area contributed by atoms with Gasteiger partial charge in [-0.3, -0.25) is 4.79 Å². The topological polar surface area (TPSA) is 81.0 Å². The molecule has 1 aromatic heterocycles. The molecule has 0 atom stereocenters. The fourth-order valence-corrected chi connectivity index (χ4v) is 2.20. The largest absolute Gasteiger partial charge is 0.399 e. The van der Waals surface area contributed by atoms with Gasteiger partial charge in [0.15, 0.2) is 5.16 Å². The molecule has 5 nitrogen and oxygen atoms in total. The zero-order valence-electron chi connectivity index (χ0n) is 9.40. The van der Waals surface area contributed by atoms with Crippen LogP contribution in [-0.2, 0) is 4.74 Å². The second-order valence-electron chi connectivity index (χ2n) is 3.49. The molecule has 2 rings (SSSR count). The van der Waals surface area contributed by atoms with E-state index in [1.807, 2.05) is 0 Å². The molecule has 0 radical (unpaired) electrons. The molecule has 0 fully saturated rings. The highest BCUT2D eigenvalue weighted by Gasteiger charge is 2.04. The van der Waals surface area contributed by atoms with E-state index in [0.29, 0.717) is 28.4 Å². The summed E-state index contributed by atoms with van der Waals surface area (Å²) in [7, 11) is 1.64. The Morgan fingerprint density at radius 2 is 2.35 bits per heavy atom. The molecular weight excluding hydrogens is 238 g/mol. The molecule has 90 valence electrons. The monoisotopic (exact) mass is 251 g/mol. The van der Waals surface area contributed by atoms with Crippen LogP contribution in [0.4, 0.5) is 5.69 Å². The van der Waals surface area contributed by atoms with E-state index in [2.05, 4.69) is 9.97 Å². The van der Waals surface area contributed by atoms with Crippen molar-refractivity contribution < 1.29 is 4.74 Å². The van der Waals surface area contributed by atoms with Crippen LogP contribution in [0.5, 0.6) is 0 Å². The summed E-state index contributed by atoms with van der Waals surface area (Å²) in [5.74, 6) is 0.750. The number of nitrogens with one attached hydrogen (secondary N) is 1. The lowest BCUT2D eigenvalue weighted by atomic mass is 10.2. The lowest BCUT2D eigenvalue weighted by Gasteiger charge is -2.03. The van der Waals surface area contributed by atoms with Gasteiger partial charge in [-0.05, 0) is 18.2 Å². The summed E-state index contributed by atoms with van der Waals surface area (Å²) in [5.41, 5.74) is 6.68. The average molecular weight is 251 g/mol. The van der Waals surface area contributed by atoms with Crippen LogP contribution >= 0.6 is 11.8 Å². The van der Waals surface area contributed by atoms with E-state index < -0.39 is 0 Å². The van der Waals surface area contributed by atoms with Crippen LogP contribution in [0.15, 0.2) is 28.2 Å². The Morgan fingerprint density at radius 3 is 3.12 bits per heavy atom. The fraction of sp³-hybridized carbons (Fsp3) is 0.273. The van der Waals surface area contributed by atoms with Crippen LogP contribution in [0.2, 0.25) is 0 Å². The van der Waals surface area contributed by atoms with Crippen molar-refractivity contribution in [1.82, 2.24) is 9.97 Å². The van der Waals surface area contributed by atoms with Crippen molar-refractivity contribution in [1.29, 1.82) is 0 Å². The van der Waals surface area contributed by atoms with Gasteiger partial charge in [-0.1, -0.05) is 11.8 Å². The number of hydrogen-bond acceptors (Lipinski definition) is 5. The van der Waals surface area contributed by atoms with Gasteiger partial charge in [0.05, 0.1) is 17.5 Å². The molecule has 6 heteroatoms. The Kier molecular flexibility index (Phi) is 3.65. The minimum Gasteiger partial charge on any atom is -0.399 e. The molecule has 3 N–H and O–H groups in total. The van der Waals surface area contributed by atoms with Crippen LogP contribution in [0.25, 0.3) is 10.9 Å². The van der Waals surface area contributed by atoms with Gasteiger partial charge in [0.2, 0.25) is 0 Å². The highest BCUT2D eigenvalue weighted by Crippen LogP contribution is 2.16. The number of nitrogens with zero attached hydrogens (tertiary/aromatic N) is 1. The number of nitrogens with two attached hydrogens (primary N) is 1. The van der Waals surface area contributed by atoms with Gasteiger partial charge in [0.1, 0.15) is 0 Å². The predicted octanol–water partition coefficient (Wildman–Crippen LogP) is 1.24. The average Bonchev–Trinajstić information content (AvgIpc) is 2.31. The maximum absolute atomic E-state index is 11.8. The Balaban J connectivity index is 2.35. The lowest BCUT2D eigenvalue weighted by molar-refractivity contribution is 0.218. The summed E-state index contributed by atoms with van der Waals surface area (Å²) in [6.07, 6.45) is 0. The van der Waals surface area contributed by atoms with E-state index in [9.17, 15) is 4.79 Å². The van der Waals surface area contributed by atoms with E-state index in [4.69, 9.17) is 10.5 Å².